The second-order valence-electron chi connectivity index (χ2n) is 5.67. The molecule has 0 aromatic carbocycles. The Balaban J connectivity index is 2.00. The van der Waals surface area contributed by atoms with E-state index >= 15 is 0 Å². The number of aliphatic hydroxyl groups is 1. The van der Waals surface area contributed by atoms with Gasteiger partial charge >= 0.3 is 0 Å². The molecular weight excluding hydrogens is 294 g/mol. The van der Waals surface area contributed by atoms with Crippen LogP contribution in [0.5, 0.6) is 0 Å². The number of hydrogen-bond donors (Lipinski definition) is 3. The monoisotopic (exact) mass is 319 g/mol. The van der Waals surface area contributed by atoms with E-state index in [1.54, 1.807) is 34.9 Å². The van der Waals surface area contributed by atoms with Gasteiger partial charge in [-0.05, 0) is 19.9 Å². The first-order valence-electron chi connectivity index (χ1n) is 7.63. The molecule has 0 aliphatic heterocycles. The summed E-state index contributed by atoms with van der Waals surface area (Å²) >= 11 is 0. The van der Waals surface area contributed by atoms with E-state index in [-0.39, 0.29) is 0 Å². The van der Waals surface area contributed by atoms with E-state index in [9.17, 15) is 5.11 Å². The standard InChI is InChI=1S/C15H25N7O/c1-5-16-14(17-9-13-6-7-19-22(13)4)18-11-15(2,23)12-8-20-21(3)10-12/h6-8,10,23H,5,9,11H2,1-4H3,(H2,16,17,18). The lowest BCUT2D eigenvalue weighted by molar-refractivity contribution is 0.0616. The van der Waals surface area contributed by atoms with E-state index in [0.717, 1.165) is 17.8 Å². The van der Waals surface area contributed by atoms with Crippen LogP contribution in [0.1, 0.15) is 25.1 Å². The van der Waals surface area contributed by atoms with Crippen molar-refractivity contribution in [1.82, 2.24) is 30.2 Å². The number of aliphatic imine (C=N–C) groups is 1. The van der Waals surface area contributed by atoms with Crippen molar-refractivity contribution in [2.24, 2.45) is 19.1 Å². The van der Waals surface area contributed by atoms with Gasteiger partial charge in [0.1, 0.15) is 5.60 Å². The van der Waals surface area contributed by atoms with Gasteiger partial charge in [-0.25, -0.2) is 4.99 Å². The van der Waals surface area contributed by atoms with Crippen LogP contribution in [0.2, 0.25) is 0 Å². The van der Waals surface area contributed by atoms with Crippen molar-refractivity contribution in [2.45, 2.75) is 26.0 Å². The third kappa shape index (κ3) is 4.56. The largest absolute Gasteiger partial charge is 0.383 e. The molecule has 0 radical (unpaired) electrons. The Kier molecular flexibility index (Phi) is 5.38. The first-order chi connectivity index (χ1) is 10.9. The van der Waals surface area contributed by atoms with Gasteiger partial charge < -0.3 is 15.7 Å². The van der Waals surface area contributed by atoms with Gasteiger partial charge in [0.05, 0.1) is 25.0 Å². The molecule has 0 fully saturated rings. The number of hydrogen-bond acceptors (Lipinski definition) is 4. The highest BCUT2D eigenvalue weighted by atomic mass is 16.3. The van der Waals surface area contributed by atoms with Crippen molar-refractivity contribution in [3.63, 3.8) is 0 Å². The molecule has 0 bridgehead atoms. The second-order valence-corrected chi connectivity index (χ2v) is 5.67. The van der Waals surface area contributed by atoms with E-state index in [0.29, 0.717) is 19.0 Å². The van der Waals surface area contributed by atoms with Gasteiger partial charge in [-0.3, -0.25) is 9.36 Å². The van der Waals surface area contributed by atoms with Crippen molar-refractivity contribution in [3.05, 3.63) is 35.9 Å². The Morgan fingerprint density at radius 2 is 2.13 bits per heavy atom. The molecule has 23 heavy (non-hydrogen) atoms. The summed E-state index contributed by atoms with van der Waals surface area (Å²) in [6, 6.07) is 1.93. The maximum Gasteiger partial charge on any atom is 0.191 e. The highest BCUT2D eigenvalue weighted by Crippen LogP contribution is 2.18. The summed E-state index contributed by atoms with van der Waals surface area (Å²) in [7, 11) is 3.71. The Bertz CT molecular complexity index is 656. The zero-order chi connectivity index (χ0) is 16.9. The molecule has 2 rings (SSSR count). The zero-order valence-corrected chi connectivity index (χ0v) is 14.1. The lowest BCUT2D eigenvalue weighted by Gasteiger charge is -2.23. The van der Waals surface area contributed by atoms with Crippen molar-refractivity contribution in [2.75, 3.05) is 13.1 Å². The first-order valence-corrected chi connectivity index (χ1v) is 7.63. The number of rotatable bonds is 6. The summed E-state index contributed by atoms with van der Waals surface area (Å²) < 4.78 is 3.46. The van der Waals surface area contributed by atoms with Crippen molar-refractivity contribution in [1.29, 1.82) is 0 Å². The molecule has 1 atom stereocenters. The van der Waals surface area contributed by atoms with Crippen molar-refractivity contribution >= 4 is 5.96 Å². The molecule has 0 saturated carbocycles. The van der Waals surface area contributed by atoms with Gasteiger partial charge in [0.2, 0.25) is 0 Å². The minimum Gasteiger partial charge on any atom is -0.383 e. The molecule has 0 amide bonds. The number of nitrogens with one attached hydrogen (secondary N) is 2. The lowest BCUT2D eigenvalue weighted by Crippen LogP contribution is -2.44. The molecule has 1 unspecified atom stereocenters. The van der Waals surface area contributed by atoms with Crippen LogP contribution in [0.4, 0.5) is 0 Å². The molecule has 2 heterocycles. The third-order valence-electron chi connectivity index (χ3n) is 3.59. The van der Waals surface area contributed by atoms with E-state index < -0.39 is 5.60 Å². The van der Waals surface area contributed by atoms with Crippen LogP contribution in [0, 0.1) is 0 Å². The third-order valence-corrected chi connectivity index (χ3v) is 3.59. The Hall–Kier alpha value is -2.35. The Morgan fingerprint density at radius 3 is 2.70 bits per heavy atom. The normalized spacial score (nSPS) is 14.6. The van der Waals surface area contributed by atoms with Crippen LogP contribution in [0.3, 0.4) is 0 Å². The predicted octanol–water partition coefficient (Wildman–Crippen LogP) is 0.116. The van der Waals surface area contributed by atoms with Gasteiger partial charge in [-0.1, -0.05) is 0 Å². The van der Waals surface area contributed by atoms with Crippen LogP contribution < -0.4 is 10.6 Å². The summed E-state index contributed by atoms with van der Waals surface area (Å²) in [6.45, 7) is 5.34. The summed E-state index contributed by atoms with van der Waals surface area (Å²) in [4.78, 5) is 4.52. The van der Waals surface area contributed by atoms with Crippen LogP contribution in [0.25, 0.3) is 0 Å². The topological polar surface area (TPSA) is 92.3 Å². The number of aromatic nitrogens is 4. The van der Waals surface area contributed by atoms with Crippen LogP contribution in [-0.4, -0.2) is 43.7 Å². The quantitative estimate of drug-likeness (QED) is 0.519. The molecule has 8 nitrogen and oxygen atoms in total. The Morgan fingerprint density at radius 1 is 1.35 bits per heavy atom. The molecule has 3 N–H and O–H groups in total. The first kappa shape index (κ1) is 17.0. The van der Waals surface area contributed by atoms with E-state index in [2.05, 4.69) is 25.8 Å². The Labute approximate surface area is 136 Å². The van der Waals surface area contributed by atoms with Gasteiger partial charge in [-0.2, -0.15) is 10.2 Å². The molecule has 0 saturated heterocycles. The minimum atomic E-state index is -1.03. The summed E-state index contributed by atoms with van der Waals surface area (Å²) in [5.41, 5.74) is 0.743. The highest BCUT2D eigenvalue weighted by Gasteiger charge is 2.24. The van der Waals surface area contributed by atoms with Gasteiger partial charge in [0, 0.05) is 38.6 Å². The predicted molar refractivity (Wildman–Crippen MR) is 88.8 cm³/mol. The molecule has 2 aromatic heterocycles. The highest BCUT2D eigenvalue weighted by molar-refractivity contribution is 5.79. The van der Waals surface area contributed by atoms with Crippen LogP contribution >= 0.6 is 0 Å². The summed E-state index contributed by atoms with van der Waals surface area (Å²) in [5.74, 6) is 0.651. The van der Waals surface area contributed by atoms with Gasteiger partial charge in [0.15, 0.2) is 5.96 Å². The minimum absolute atomic E-state index is 0.329. The van der Waals surface area contributed by atoms with E-state index in [1.807, 2.05) is 27.1 Å². The lowest BCUT2D eigenvalue weighted by atomic mass is 10.00. The maximum absolute atomic E-state index is 10.6. The van der Waals surface area contributed by atoms with E-state index in [1.165, 1.54) is 0 Å². The molecular formula is C15H25N7O. The fraction of sp³-hybridized carbons (Fsp3) is 0.533. The SMILES string of the molecule is CCNC(=NCc1ccnn1C)NCC(C)(O)c1cnn(C)c1. The average molecular weight is 319 g/mol. The molecule has 8 heteroatoms. The molecule has 2 aromatic rings. The molecule has 126 valence electrons. The van der Waals surface area contributed by atoms with Crippen molar-refractivity contribution in [3.8, 4) is 0 Å². The number of aryl methyl sites for hydroxylation is 2. The fourth-order valence-corrected chi connectivity index (χ4v) is 2.12. The average Bonchev–Trinajstić information content (AvgIpc) is 3.11. The molecule has 0 aliphatic carbocycles. The molecule has 0 aliphatic rings. The fourth-order valence-electron chi connectivity index (χ4n) is 2.12. The number of nitrogens with zero attached hydrogens (tertiary/aromatic N) is 5. The van der Waals surface area contributed by atoms with Crippen LogP contribution in [0.15, 0.2) is 29.6 Å². The maximum atomic E-state index is 10.6. The molecule has 0 spiro atoms. The summed E-state index contributed by atoms with van der Waals surface area (Å²) in [6.07, 6.45) is 5.22. The number of guanidine groups is 1. The van der Waals surface area contributed by atoms with E-state index in [4.69, 9.17) is 0 Å². The zero-order valence-electron chi connectivity index (χ0n) is 14.1. The summed E-state index contributed by atoms with van der Waals surface area (Å²) in [5, 5.41) is 25.2. The van der Waals surface area contributed by atoms with Crippen molar-refractivity contribution < 1.29 is 5.11 Å². The second kappa shape index (κ2) is 7.28. The van der Waals surface area contributed by atoms with Crippen LogP contribution in [-0.2, 0) is 26.2 Å². The smallest absolute Gasteiger partial charge is 0.191 e. The van der Waals surface area contributed by atoms with Gasteiger partial charge in [-0.15, -0.1) is 0 Å². The van der Waals surface area contributed by atoms with Gasteiger partial charge in [0.25, 0.3) is 0 Å².